The van der Waals surface area contributed by atoms with E-state index in [2.05, 4.69) is 31.0 Å². The molecule has 76 valence electrons. The fourth-order valence-corrected chi connectivity index (χ4v) is 0.902. The Labute approximate surface area is 82.1 Å². The quantitative estimate of drug-likeness (QED) is 0.499. The number of ether oxygens (including phenoxy) is 1. The van der Waals surface area contributed by atoms with Crippen molar-refractivity contribution in [2.75, 3.05) is 26.8 Å². The Morgan fingerprint density at radius 2 is 2.08 bits per heavy atom. The summed E-state index contributed by atoms with van der Waals surface area (Å²) < 4.78 is 4.95. The van der Waals surface area contributed by atoms with Gasteiger partial charge >= 0.3 is 0 Å². The van der Waals surface area contributed by atoms with Crippen molar-refractivity contribution in [3.8, 4) is 11.8 Å². The molecule has 0 saturated heterocycles. The fourth-order valence-electron chi connectivity index (χ4n) is 0.902. The van der Waals surface area contributed by atoms with Crippen LogP contribution < -0.4 is 5.32 Å². The van der Waals surface area contributed by atoms with Gasteiger partial charge in [0.1, 0.15) is 0 Å². The molecule has 0 aliphatic carbocycles. The monoisotopic (exact) mass is 183 g/mol. The fraction of sp³-hybridized carbons (Fsp3) is 0.818. The topological polar surface area (TPSA) is 21.3 Å². The van der Waals surface area contributed by atoms with Crippen molar-refractivity contribution in [1.82, 2.24) is 5.32 Å². The highest BCUT2D eigenvalue weighted by molar-refractivity contribution is 5.02. The third-order valence-corrected chi connectivity index (χ3v) is 1.56. The molecule has 0 atom stereocenters. The second-order valence-electron chi connectivity index (χ2n) is 3.35. The van der Waals surface area contributed by atoms with Gasteiger partial charge in [-0.15, -0.1) is 0 Å². The van der Waals surface area contributed by atoms with E-state index in [1.165, 1.54) is 0 Å². The van der Waals surface area contributed by atoms with Crippen LogP contribution in [0.5, 0.6) is 0 Å². The van der Waals surface area contributed by atoms with Crippen LogP contribution in [0, 0.1) is 17.8 Å². The summed E-state index contributed by atoms with van der Waals surface area (Å²) in [5.74, 6) is 6.68. The van der Waals surface area contributed by atoms with Gasteiger partial charge in [-0.2, -0.15) is 0 Å². The second-order valence-corrected chi connectivity index (χ2v) is 3.35. The standard InChI is InChI=1S/C11H21NO/c1-11(2)7-6-9-12-8-4-5-10-13-3/h11-12H,4-5,8-10H2,1-3H3. The lowest BCUT2D eigenvalue weighted by atomic mass is 10.2. The van der Waals surface area contributed by atoms with E-state index in [-0.39, 0.29) is 0 Å². The normalized spacial score (nSPS) is 9.85. The Balaban J connectivity index is 3.05. The largest absolute Gasteiger partial charge is 0.385 e. The lowest BCUT2D eigenvalue weighted by molar-refractivity contribution is 0.193. The molecule has 0 amide bonds. The van der Waals surface area contributed by atoms with Crippen molar-refractivity contribution in [3.63, 3.8) is 0 Å². The van der Waals surface area contributed by atoms with Gasteiger partial charge in [-0.25, -0.2) is 0 Å². The summed E-state index contributed by atoms with van der Waals surface area (Å²) in [6.45, 7) is 6.91. The highest BCUT2D eigenvalue weighted by Gasteiger charge is 1.86. The Bertz CT molecular complexity index is 155. The second kappa shape index (κ2) is 9.57. The minimum atomic E-state index is 0.482. The van der Waals surface area contributed by atoms with Crippen LogP contribution in [0.25, 0.3) is 0 Å². The van der Waals surface area contributed by atoms with Crippen LogP contribution >= 0.6 is 0 Å². The van der Waals surface area contributed by atoms with Crippen LogP contribution in [0.4, 0.5) is 0 Å². The molecule has 0 unspecified atom stereocenters. The van der Waals surface area contributed by atoms with E-state index in [4.69, 9.17) is 4.74 Å². The first-order valence-electron chi connectivity index (χ1n) is 4.95. The molecule has 0 radical (unpaired) electrons. The Morgan fingerprint density at radius 1 is 1.31 bits per heavy atom. The van der Waals surface area contributed by atoms with E-state index >= 15 is 0 Å². The van der Waals surface area contributed by atoms with Gasteiger partial charge in [0.15, 0.2) is 0 Å². The molecule has 1 N–H and O–H groups in total. The molecule has 0 spiro atoms. The van der Waals surface area contributed by atoms with E-state index < -0.39 is 0 Å². The molecule has 0 bridgehead atoms. The predicted molar refractivity (Wildman–Crippen MR) is 56.6 cm³/mol. The van der Waals surface area contributed by atoms with Crippen molar-refractivity contribution >= 4 is 0 Å². The summed E-state index contributed by atoms with van der Waals surface area (Å²) in [7, 11) is 1.74. The van der Waals surface area contributed by atoms with Crippen molar-refractivity contribution < 1.29 is 4.74 Å². The summed E-state index contributed by atoms with van der Waals surface area (Å²) in [5.41, 5.74) is 0. The number of methoxy groups -OCH3 is 1. The lowest BCUT2D eigenvalue weighted by Crippen LogP contribution is -2.15. The summed E-state index contributed by atoms with van der Waals surface area (Å²) in [4.78, 5) is 0. The van der Waals surface area contributed by atoms with E-state index in [0.717, 1.165) is 32.5 Å². The van der Waals surface area contributed by atoms with Crippen LogP contribution in [-0.4, -0.2) is 26.8 Å². The number of hydrogen-bond donors (Lipinski definition) is 1. The lowest BCUT2D eigenvalue weighted by Gasteiger charge is -1.99. The number of rotatable bonds is 6. The van der Waals surface area contributed by atoms with Gasteiger partial charge in [0.05, 0.1) is 6.54 Å². The maximum absolute atomic E-state index is 4.95. The van der Waals surface area contributed by atoms with Crippen LogP contribution in [0.2, 0.25) is 0 Å². The Morgan fingerprint density at radius 3 is 2.69 bits per heavy atom. The molecule has 0 aliphatic heterocycles. The zero-order valence-corrected chi connectivity index (χ0v) is 9.02. The maximum atomic E-state index is 4.95. The average Bonchev–Trinajstić information content (AvgIpc) is 2.09. The maximum Gasteiger partial charge on any atom is 0.0576 e. The molecule has 2 heteroatoms. The molecule has 0 rings (SSSR count). The first-order chi connectivity index (χ1) is 6.27. The van der Waals surface area contributed by atoms with Gasteiger partial charge in [0.2, 0.25) is 0 Å². The van der Waals surface area contributed by atoms with Crippen LogP contribution in [0.3, 0.4) is 0 Å². The zero-order valence-electron chi connectivity index (χ0n) is 9.02. The molecular formula is C11H21NO. The van der Waals surface area contributed by atoms with Gasteiger partial charge < -0.3 is 10.1 Å². The molecule has 0 heterocycles. The molecular weight excluding hydrogens is 162 g/mol. The SMILES string of the molecule is COCCCCNCC#CC(C)C. The van der Waals surface area contributed by atoms with Gasteiger partial charge in [0, 0.05) is 19.6 Å². The van der Waals surface area contributed by atoms with Crippen molar-refractivity contribution in [3.05, 3.63) is 0 Å². The Kier molecular flexibility index (Phi) is 9.18. The molecule has 0 fully saturated rings. The molecule has 0 aromatic heterocycles. The van der Waals surface area contributed by atoms with E-state index in [9.17, 15) is 0 Å². The average molecular weight is 183 g/mol. The number of nitrogens with one attached hydrogen (secondary N) is 1. The third kappa shape index (κ3) is 11.5. The third-order valence-electron chi connectivity index (χ3n) is 1.56. The summed E-state index contributed by atoms with van der Waals surface area (Å²) >= 11 is 0. The summed E-state index contributed by atoms with van der Waals surface area (Å²) in [5, 5.41) is 3.27. The van der Waals surface area contributed by atoms with E-state index in [1.54, 1.807) is 7.11 Å². The number of hydrogen-bond acceptors (Lipinski definition) is 2. The zero-order chi connectivity index (χ0) is 9.94. The smallest absolute Gasteiger partial charge is 0.0576 e. The molecule has 0 aromatic rings. The Hall–Kier alpha value is -0.520. The highest BCUT2D eigenvalue weighted by Crippen LogP contribution is 1.86. The van der Waals surface area contributed by atoms with Gasteiger partial charge in [-0.1, -0.05) is 25.7 Å². The first-order valence-corrected chi connectivity index (χ1v) is 4.95. The highest BCUT2D eigenvalue weighted by atomic mass is 16.5. The summed E-state index contributed by atoms with van der Waals surface area (Å²) in [6.07, 6.45) is 2.29. The van der Waals surface area contributed by atoms with Crippen LogP contribution in [-0.2, 0) is 4.74 Å². The molecule has 0 aliphatic rings. The van der Waals surface area contributed by atoms with Crippen molar-refractivity contribution in [2.24, 2.45) is 5.92 Å². The van der Waals surface area contributed by atoms with Gasteiger partial charge in [-0.05, 0) is 19.4 Å². The van der Waals surface area contributed by atoms with Gasteiger partial charge in [-0.3, -0.25) is 0 Å². The van der Waals surface area contributed by atoms with E-state index in [0.29, 0.717) is 5.92 Å². The minimum Gasteiger partial charge on any atom is -0.385 e. The van der Waals surface area contributed by atoms with Crippen LogP contribution in [0.1, 0.15) is 26.7 Å². The van der Waals surface area contributed by atoms with Crippen molar-refractivity contribution in [2.45, 2.75) is 26.7 Å². The van der Waals surface area contributed by atoms with Gasteiger partial charge in [0.25, 0.3) is 0 Å². The predicted octanol–water partition coefficient (Wildman–Crippen LogP) is 1.66. The summed E-state index contributed by atoms with van der Waals surface area (Å²) in [6, 6.07) is 0. The number of unbranched alkanes of at least 4 members (excludes halogenated alkanes) is 1. The molecule has 0 saturated carbocycles. The minimum absolute atomic E-state index is 0.482. The van der Waals surface area contributed by atoms with E-state index in [1.807, 2.05) is 0 Å². The van der Waals surface area contributed by atoms with Crippen molar-refractivity contribution in [1.29, 1.82) is 0 Å². The molecule has 0 aromatic carbocycles. The van der Waals surface area contributed by atoms with Crippen LogP contribution in [0.15, 0.2) is 0 Å². The molecule has 2 nitrogen and oxygen atoms in total. The first kappa shape index (κ1) is 12.5. The molecule has 13 heavy (non-hydrogen) atoms.